The van der Waals surface area contributed by atoms with Gasteiger partial charge < -0.3 is 0 Å². The molecule has 0 N–H and O–H groups in total. The van der Waals surface area contributed by atoms with Gasteiger partial charge >= 0.3 is 0 Å². The van der Waals surface area contributed by atoms with Crippen molar-refractivity contribution in [1.82, 2.24) is 19.2 Å². The van der Waals surface area contributed by atoms with Gasteiger partial charge in [-0.2, -0.15) is 0 Å². The van der Waals surface area contributed by atoms with Crippen LogP contribution in [0, 0.1) is 16.6 Å². The van der Waals surface area contributed by atoms with Gasteiger partial charge in [-0.15, -0.1) is 16.4 Å². The molecule has 0 aliphatic heterocycles. The van der Waals surface area contributed by atoms with E-state index in [1.807, 2.05) is 0 Å². The SMILES string of the molecule is CN(Cn1nc(-c2cccs2)n(C2CC2)c1=S)C(C1CC1)C1CC1. The lowest BCUT2D eigenvalue weighted by Gasteiger charge is -2.27. The molecule has 3 aliphatic rings. The molecule has 0 unspecified atom stereocenters. The predicted octanol–water partition coefficient (Wildman–Crippen LogP) is 4.56. The van der Waals surface area contributed by atoms with Gasteiger partial charge in [-0.3, -0.25) is 9.47 Å². The molecule has 0 radical (unpaired) electrons. The first-order chi connectivity index (χ1) is 11.7. The van der Waals surface area contributed by atoms with Crippen LogP contribution in [0.3, 0.4) is 0 Å². The molecule has 3 fully saturated rings. The molecule has 0 bridgehead atoms. The second-order valence-electron chi connectivity index (χ2n) is 7.75. The Labute approximate surface area is 152 Å². The highest BCUT2D eigenvalue weighted by molar-refractivity contribution is 7.71. The Morgan fingerprint density at radius 2 is 1.96 bits per heavy atom. The van der Waals surface area contributed by atoms with E-state index in [1.165, 1.54) is 43.4 Å². The summed E-state index contributed by atoms with van der Waals surface area (Å²) < 4.78 is 5.27. The van der Waals surface area contributed by atoms with Crippen LogP contribution in [-0.2, 0) is 6.67 Å². The minimum atomic E-state index is 0.566. The van der Waals surface area contributed by atoms with Crippen molar-refractivity contribution in [1.29, 1.82) is 0 Å². The highest BCUT2D eigenvalue weighted by atomic mass is 32.1. The van der Waals surface area contributed by atoms with Gasteiger partial charge in [0.1, 0.15) is 0 Å². The van der Waals surface area contributed by atoms with Gasteiger partial charge in [0.25, 0.3) is 0 Å². The molecule has 0 spiro atoms. The van der Waals surface area contributed by atoms with E-state index in [-0.39, 0.29) is 0 Å². The number of aromatic nitrogens is 3. The summed E-state index contributed by atoms with van der Waals surface area (Å²) in [6.07, 6.45) is 8.12. The summed E-state index contributed by atoms with van der Waals surface area (Å²) in [5.74, 6) is 2.90. The smallest absolute Gasteiger partial charge is 0.199 e. The van der Waals surface area contributed by atoms with E-state index in [4.69, 9.17) is 17.3 Å². The quantitative estimate of drug-likeness (QED) is 0.677. The number of hydrogen-bond donors (Lipinski definition) is 0. The molecular formula is C18H24N4S2. The van der Waals surface area contributed by atoms with E-state index in [1.54, 1.807) is 11.3 Å². The molecule has 3 aliphatic carbocycles. The number of nitrogens with zero attached hydrogens (tertiary/aromatic N) is 4. The molecule has 24 heavy (non-hydrogen) atoms. The molecule has 3 saturated carbocycles. The molecule has 0 saturated heterocycles. The van der Waals surface area contributed by atoms with E-state index in [0.29, 0.717) is 6.04 Å². The van der Waals surface area contributed by atoms with Gasteiger partial charge in [-0.05, 0) is 81.1 Å². The molecule has 128 valence electrons. The van der Waals surface area contributed by atoms with Crippen molar-refractivity contribution in [2.24, 2.45) is 11.8 Å². The van der Waals surface area contributed by atoms with E-state index in [2.05, 4.69) is 38.7 Å². The Hall–Kier alpha value is -0.980. The lowest BCUT2D eigenvalue weighted by molar-refractivity contribution is 0.145. The van der Waals surface area contributed by atoms with E-state index in [0.717, 1.165) is 35.1 Å². The van der Waals surface area contributed by atoms with Crippen molar-refractivity contribution in [2.45, 2.75) is 57.3 Å². The summed E-state index contributed by atoms with van der Waals surface area (Å²) in [5.41, 5.74) is 0. The number of rotatable bonds is 7. The molecule has 2 heterocycles. The van der Waals surface area contributed by atoms with Crippen LogP contribution < -0.4 is 0 Å². The molecule has 6 heteroatoms. The van der Waals surface area contributed by atoms with Gasteiger partial charge in [0.15, 0.2) is 10.6 Å². The number of hydrogen-bond acceptors (Lipinski definition) is 4. The van der Waals surface area contributed by atoms with E-state index < -0.39 is 0 Å². The Balaban J connectivity index is 1.45. The lowest BCUT2D eigenvalue weighted by Crippen LogP contribution is -2.37. The first-order valence-corrected chi connectivity index (χ1v) is 10.4. The van der Waals surface area contributed by atoms with Gasteiger partial charge in [0.05, 0.1) is 11.5 Å². The van der Waals surface area contributed by atoms with Crippen LogP contribution in [0.1, 0.15) is 44.6 Å². The fraction of sp³-hybridized carbons (Fsp3) is 0.667. The number of thiophene rings is 1. The maximum absolute atomic E-state index is 5.81. The second kappa shape index (κ2) is 5.78. The van der Waals surface area contributed by atoms with E-state index in [9.17, 15) is 0 Å². The Morgan fingerprint density at radius 3 is 2.50 bits per heavy atom. The summed E-state index contributed by atoms with van der Waals surface area (Å²) in [6.45, 7) is 0.828. The van der Waals surface area contributed by atoms with Crippen LogP contribution in [-0.4, -0.2) is 32.3 Å². The van der Waals surface area contributed by atoms with Crippen LogP contribution in [0.15, 0.2) is 17.5 Å². The third kappa shape index (κ3) is 2.78. The van der Waals surface area contributed by atoms with Crippen LogP contribution in [0.2, 0.25) is 0 Å². The van der Waals surface area contributed by atoms with Crippen LogP contribution in [0.5, 0.6) is 0 Å². The van der Waals surface area contributed by atoms with Gasteiger partial charge in [0, 0.05) is 12.1 Å². The zero-order valence-corrected chi connectivity index (χ0v) is 15.7. The van der Waals surface area contributed by atoms with Crippen molar-refractivity contribution in [3.05, 3.63) is 22.3 Å². The average molecular weight is 361 g/mol. The fourth-order valence-electron chi connectivity index (χ4n) is 4.03. The monoisotopic (exact) mass is 360 g/mol. The minimum Gasteiger partial charge on any atom is -0.296 e. The summed E-state index contributed by atoms with van der Waals surface area (Å²) in [5, 5.41) is 7.06. The van der Waals surface area contributed by atoms with Crippen LogP contribution in [0.4, 0.5) is 0 Å². The van der Waals surface area contributed by atoms with Crippen molar-refractivity contribution in [2.75, 3.05) is 7.05 Å². The van der Waals surface area contributed by atoms with Gasteiger partial charge in [-0.25, -0.2) is 4.68 Å². The third-order valence-corrected chi connectivity index (χ3v) is 6.87. The molecule has 5 rings (SSSR count). The zero-order chi connectivity index (χ0) is 16.3. The lowest BCUT2D eigenvalue weighted by atomic mass is 10.1. The van der Waals surface area contributed by atoms with Crippen molar-refractivity contribution in [3.63, 3.8) is 0 Å². The van der Waals surface area contributed by atoms with Crippen molar-refractivity contribution < 1.29 is 0 Å². The molecule has 2 aromatic heterocycles. The fourth-order valence-corrected chi connectivity index (χ4v) is 5.07. The summed E-state index contributed by atoms with van der Waals surface area (Å²) >= 11 is 7.57. The largest absolute Gasteiger partial charge is 0.296 e. The van der Waals surface area contributed by atoms with Crippen molar-refractivity contribution >= 4 is 23.6 Å². The summed E-state index contributed by atoms with van der Waals surface area (Å²) in [4.78, 5) is 3.75. The first-order valence-electron chi connectivity index (χ1n) is 9.16. The van der Waals surface area contributed by atoms with Crippen molar-refractivity contribution in [3.8, 4) is 10.7 Å². The van der Waals surface area contributed by atoms with Crippen LogP contribution >= 0.6 is 23.6 Å². The molecule has 2 aromatic rings. The molecule has 0 amide bonds. The average Bonchev–Trinajstić information content (AvgIpc) is 3.44. The minimum absolute atomic E-state index is 0.566. The molecular weight excluding hydrogens is 336 g/mol. The Morgan fingerprint density at radius 1 is 1.25 bits per heavy atom. The first kappa shape index (κ1) is 15.3. The van der Waals surface area contributed by atoms with E-state index >= 15 is 0 Å². The Kier molecular flexibility index (Phi) is 3.68. The topological polar surface area (TPSA) is 26.0 Å². The molecule has 4 nitrogen and oxygen atoms in total. The molecule has 0 aromatic carbocycles. The van der Waals surface area contributed by atoms with Crippen LogP contribution in [0.25, 0.3) is 10.7 Å². The maximum Gasteiger partial charge on any atom is 0.199 e. The normalized spacial score (nSPS) is 21.1. The Bertz CT molecular complexity index is 767. The van der Waals surface area contributed by atoms with Gasteiger partial charge in [0.2, 0.25) is 0 Å². The molecule has 0 atom stereocenters. The standard InChI is InChI=1S/C18H24N4S2/c1-20(16(12-4-5-12)13-6-7-13)11-21-18(23)22(14-8-9-14)17(19-21)15-3-2-10-24-15/h2-3,10,12-14,16H,4-9,11H2,1H3. The highest BCUT2D eigenvalue weighted by Gasteiger charge is 2.43. The van der Waals surface area contributed by atoms with Gasteiger partial charge in [-0.1, -0.05) is 6.07 Å². The summed E-state index contributed by atoms with van der Waals surface area (Å²) in [7, 11) is 2.27. The zero-order valence-electron chi connectivity index (χ0n) is 14.1. The second-order valence-corrected chi connectivity index (χ2v) is 9.06. The maximum atomic E-state index is 5.81. The predicted molar refractivity (Wildman–Crippen MR) is 99.6 cm³/mol. The highest BCUT2D eigenvalue weighted by Crippen LogP contribution is 2.47. The summed E-state index contributed by atoms with van der Waals surface area (Å²) in [6, 6.07) is 5.56. The third-order valence-electron chi connectivity index (χ3n) is 5.60.